The molecule has 1 N–H and O–H groups in total. The van der Waals surface area contributed by atoms with Crippen molar-refractivity contribution in [2.75, 3.05) is 19.4 Å². The van der Waals surface area contributed by atoms with Crippen LogP contribution in [0.25, 0.3) is 22.6 Å². The maximum absolute atomic E-state index is 12.7. The van der Waals surface area contributed by atoms with Gasteiger partial charge in [0.05, 0.1) is 16.1 Å². The first-order valence-electron chi connectivity index (χ1n) is 9.15. The molecule has 0 spiro atoms. The van der Waals surface area contributed by atoms with Crippen molar-refractivity contribution in [1.82, 2.24) is 9.29 Å². The van der Waals surface area contributed by atoms with Crippen LogP contribution in [0.1, 0.15) is 10.4 Å². The number of aromatic nitrogens is 1. The number of fused-ring (bicyclic) bond motifs is 1. The Morgan fingerprint density at radius 2 is 1.60 bits per heavy atom. The molecule has 152 valence electrons. The first-order valence-corrected chi connectivity index (χ1v) is 10.6. The molecule has 3 aromatic carbocycles. The Balaban J connectivity index is 1.61. The smallest absolute Gasteiger partial charge is 0.255 e. The van der Waals surface area contributed by atoms with E-state index in [0.717, 1.165) is 9.82 Å². The van der Waals surface area contributed by atoms with E-state index in [1.807, 2.05) is 36.4 Å². The van der Waals surface area contributed by atoms with Crippen LogP contribution in [-0.2, 0) is 10.0 Å². The lowest BCUT2D eigenvalue weighted by Gasteiger charge is -2.12. The van der Waals surface area contributed by atoms with Gasteiger partial charge in [0.25, 0.3) is 5.91 Å². The van der Waals surface area contributed by atoms with Crippen LogP contribution in [0.15, 0.2) is 82.1 Å². The molecule has 0 unspecified atom stereocenters. The fourth-order valence-corrected chi connectivity index (χ4v) is 3.85. The van der Waals surface area contributed by atoms with Gasteiger partial charge in [-0.05, 0) is 48.5 Å². The van der Waals surface area contributed by atoms with Gasteiger partial charge in [-0.3, -0.25) is 4.79 Å². The second-order valence-corrected chi connectivity index (χ2v) is 8.95. The molecule has 8 heteroatoms. The maximum atomic E-state index is 12.7. The molecule has 0 saturated carbocycles. The van der Waals surface area contributed by atoms with Crippen LogP contribution in [0, 0.1) is 0 Å². The molecule has 4 rings (SSSR count). The summed E-state index contributed by atoms with van der Waals surface area (Å²) in [7, 11) is -0.638. The zero-order valence-electron chi connectivity index (χ0n) is 16.4. The Kier molecular flexibility index (Phi) is 5.11. The highest BCUT2D eigenvalue weighted by atomic mass is 32.2. The summed E-state index contributed by atoms with van der Waals surface area (Å²) in [4.78, 5) is 17.4. The van der Waals surface area contributed by atoms with E-state index in [4.69, 9.17) is 4.42 Å². The zero-order valence-corrected chi connectivity index (χ0v) is 17.2. The van der Waals surface area contributed by atoms with E-state index in [-0.39, 0.29) is 10.8 Å². The number of carbonyl (C=O) groups excluding carboxylic acids is 1. The number of anilines is 1. The summed E-state index contributed by atoms with van der Waals surface area (Å²) >= 11 is 0. The van der Waals surface area contributed by atoms with Crippen molar-refractivity contribution in [3.8, 4) is 11.5 Å². The van der Waals surface area contributed by atoms with Crippen molar-refractivity contribution < 1.29 is 17.6 Å². The van der Waals surface area contributed by atoms with Gasteiger partial charge in [0.15, 0.2) is 5.58 Å². The average molecular weight is 421 g/mol. The maximum Gasteiger partial charge on any atom is 0.255 e. The standard InChI is InChI=1S/C22H19N3O4S/c1-25(2)30(27,28)16-13-11-15(12-14-16)21(26)23-18-8-4-3-7-17(18)22-24-19-9-5-6-10-20(19)29-22/h3-14H,1-2H3,(H,23,26). The lowest BCUT2D eigenvalue weighted by molar-refractivity contribution is 0.102. The van der Waals surface area contributed by atoms with E-state index in [9.17, 15) is 13.2 Å². The summed E-state index contributed by atoms with van der Waals surface area (Å²) in [5.41, 5.74) is 2.91. The number of hydrogen-bond acceptors (Lipinski definition) is 5. The van der Waals surface area contributed by atoms with Gasteiger partial charge in [-0.1, -0.05) is 24.3 Å². The van der Waals surface area contributed by atoms with E-state index < -0.39 is 10.0 Å². The van der Waals surface area contributed by atoms with Crippen LogP contribution in [0.4, 0.5) is 5.69 Å². The number of oxazole rings is 1. The molecule has 1 amide bonds. The highest BCUT2D eigenvalue weighted by Crippen LogP contribution is 2.30. The minimum atomic E-state index is -3.55. The first kappa shape index (κ1) is 19.8. The van der Waals surface area contributed by atoms with E-state index in [1.165, 1.54) is 38.4 Å². The zero-order chi connectivity index (χ0) is 21.3. The van der Waals surface area contributed by atoms with E-state index in [1.54, 1.807) is 12.1 Å². The molecule has 0 bridgehead atoms. The van der Waals surface area contributed by atoms with Crippen LogP contribution in [0.5, 0.6) is 0 Å². The average Bonchev–Trinajstić information content (AvgIpc) is 3.18. The third kappa shape index (κ3) is 3.70. The molecule has 1 aromatic heterocycles. The van der Waals surface area contributed by atoms with Crippen molar-refractivity contribution in [2.24, 2.45) is 0 Å². The number of nitrogens with zero attached hydrogens (tertiary/aromatic N) is 2. The predicted octanol–water partition coefficient (Wildman–Crippen LogP) is 4.00. The third-order valence-electron chi connectivity index (χ3n) is 4.59. The van der Waals surface area contributed by atoms with Crippen molar-refractivity contribution >= 4 is 32.7 Å². The number of sulfonamides is 1. The van der Waals surface area contributed by atoms with Crippen molar-refractivity contribution in [3.05, 3.63) is 78.4 Å². The molecule has 0 fully saturated rings. The molecule has 7 nitrogen and oxygen atoms in total. The van der Waals surface area contributed by atoms with Crippen LogP contribution in [0.2, 0.25) is 0 Å². The number of amides is 1. The molecule has 0 saturated heterocycles. The van der Waals surface area contributed by atoms with Crippen LogP contribution < -0.4 is 5.32 Å². The Labute approximate surface area is 174 Å². The highest BCUT2D eigenvalue weighted by molar-refractivity contribution is 7.89. The molecule has 0 aliphatic carbocycles. The lowest BCUT2D eigenvalue weighted by Crippen LogP contribution is -2.22. The van der Waals surface area contributed by atoms with Gasteiger partial charge in [-0.2, -0.15) is 0 Å². The second kappa shape index (κ2) is 7.74. The van der Waals surface area contributed by atoms with E-state index >= 15 is 0 Å². The summed E-state index contributed by atoms with van der Waals surface area (Å²) in [5.74, 6) is 0.0342. The largest absolute Gasteiger partial charge is 0.436 e. The van der Waals surface area contributed by atoms with Gasteiger partial charge in [0, 0.05) is 19.7 Å². The lowest BCUT2D eigenvalue weighted by atomic mass is 10.1. The minimum absolute atomic E-state index is 0.121. The van der Waals surface area contributed by atoms with Crippen LogP contribution >= 0.6 is 0 Å². The van der Waals surface area contributed by atoms with Crippen molar-refractivity contribution in [2.45, 2.75) is 4.90 Å². The monoisotopic (exact) mass is 421 g/mol. The van der Waals surface area contributed by atoms with Crippen molar-refractivity contribution in [1.29, 1.82) is 0 Å². The molecule has 0 radical (unpaired) electrons. The number of benzene rings is 3. The molecule has 0 atom stereocenters. The number of rotatable bonds is 5. The number of carbonyl (C=O) groups is 1. The number of para-hydroxylation sites is 3. The third-order valence-corrected chi connectivity index (χ3v) is 6.42. The Bertz CT molecular complexity index is 1290. The van der Waals surface area contributed by atoms with Gasteiger partial charge < -0.3 is 9.73 Å². The summed E-state index contributed by atoms with van der Waals surface area (Å²) in [6.45, 7) is 0. The topological polar surface area (TPSA) is 92.5 Å². The molecule has 1 heterocycles. The van der Waals surface area contributed by atoms with E-state index in [2.05, 4.69) is 10.3 Å². The fourth-order valence-electron chi connectivity index (χ4n) is 2.95. The van der Waals surface area contributed by atoms with E-state index in [0.29, 0.717) is 28.3 Å². The van der Waals surface area contributed by atoms with Gasteiger partial charge >= 0.3 is 0 Å². The Morgan fingerprint density at radius 1 is 0.933 bits per heavy atom. The van der Waals surface area contributed by atoms with Gasteiger partial charge in [-0.15, -0.1) is 0 Å². The molecular weight excluding hydrogens is 402 g/mol. The quantitative estimate of drug-likeness (QED) is 0.526. The number of nitrogens with one attached hydrogen (secondary N) is 1. The molecule has 30 heavy (non-hydrogen) atoms. The fraction of sp³-hybridized carbons (Fsp3) is 0.0909. The molecule has 4 aromatic rings. The first-order chi connectivity index (χ1) is 14.4. The molecular formula is C22H19N3O4S. The number of hydrogen-bond donors (Lipinski definition) is 1. The van der Waals surface area contributed by atoms with Crippen LogP contribution in [0.3, 0.4) is 0 Å². The van der Waals surface area contributed by atoms with Gasteiger partial charge in [-0.25, -0.2) is 17.7 Å². The van der Waals surface area contributed by atoms with Crippen LogP contribution in [-0.4, -0.2) is 37.7 Å². The van der Waals surface area contributed by atoms with Gasteiger partial charge in [0.1, 0.15) is 5.52 Å². The normalized spacial score (nSPS) is 11.7. The van der Waals surface area contributed by atoms with Gasteiger partial charge in [0.2, 0.25) is 15.9 Å². The predicted molar refractivity (Wildman–Crippen MR) is 115 cm³/mol. The molecule has 0 aliphatic rings. The molecule has 0 aliphatic heterocycles. The summed E-state index contributed by atoms with van der Waals surface area (Å²) in [6.07, 6.45) is 0. The Morgan fingerprint density at radius 3 is 2.30 bits per heavy atom. The SMILES string of the molecule is CN(C)S(=O)(=O)c1ccc(C(=O)Nc2ccccc2-c2nc3ccccc3o2)cc1. The Hall–Kier alpha value is -3.49. The summed E-state index contributed by atoms with van der Waals surface area (Å²) in [5, 5.41) is 2.85. The highest BCUT2D eigenvalue weighted by Gasteiger charge is 2.18. The second-order valence-electron chi connectivity index (χ2n) is 6.80. The summed E-state index contributed by atoms with van der Waals surface area (Å²) < 4.78 is 31.3. The summed E-state index contributed by atoms with van der Waals surface area (Å²) in [6, 6.07) is 20.4. The minimum Gasteiger partial charge on any atom is -0.436 e. The van der Waals surface area contributed by atoms with Crippen molar-refractivity contribution in [3.63, 3.8) is 0 Å².